The Kier molecular flexibility index (Phi) is 4.35. The van der Waals surface area contributed by atoms with Crippen LogP contribution in [0.3, 0.4) is 0 Å². The first-order valence-electron chi connectivity index (χ1n) is 5.84. The molecule has 0 radical (unpaired) electrons. The molecule has 0 saturated carbocycles. The van der Waals surface area contributed by atoms with Gasteiger partial charge in [0.05, 0.1) is 17.5 Å². The van der Waals surface area contributed by atoms with Crippen molar-refractivity contribution in [2.45, 2.75) is 13.0 Å². The van der Waals surface area contributed by atoms with Crippen molar-refractivity contribution in [2.75, 3.05) is 6.54 Å². The minimum Gasteiger partial charge on any atom is -0.481 e. The van der Waals surface area contributed by atoms with Crippen LogP contribution >= 0.6 is 15.9 Å². The van der Waals surface area contributed by atoms with Gasteiger partial charge in [0.2, 0.25) is 0 Å². The molecule has 4 N–H and O–H groups in total. The second-order valence-corrected chi connectivity index (χ2v) is 5.13. The summed E-state index contributed by atoms with van der Waals surface area (Å²) in [6.07, 6.45) is 0.0132. The summed E-state index contributed by atoms with van der Waals surface area (Å²) in [4.78, 5) is 38.1. The molecule has 2 aromatic rings. The molecule has 20 heavy (non-hydrogen) atoms. The summed E-state index contributed by atoms with van der Waals surface area (Å²) >= 11 is 3.32. The molecule has 106 valence electrons. The number of H-pyrrole nitrogens is 2. The quantitative estimate of drug-likeness (QED) is 0.468. The maximum Gasteiger partial charge on any atom is 0.314 e. The number of fused-ring (bicyclic) bond motifs is 1. The van der Waals surface area contributed by atoms with E-state index in [9.17, 15) is 14.4 Å². The summed E-state index contributed by atoms with van der Waals surface area (Å²) in [7, 11) is 0. The van der Waals surface area contributed by atoms with E-state index in [0.29, 0.717) is 24.1 Å². The van der Waals surface area contributed by atoms with Gasteiger partial charge in [-0.1, -0.05) is 15.9 Å². The van der Waals surface area contributed by atoms with Crippen molar-refractivity contribution in [3.05, 3.63) is 42.9 Å². The van der Waals surface area contributed by atoms with Gasteiger partial charge < -0.3 is 20.4 Å². The van der Waals surface area contributed by atoms with Crippen LogP contribution in [-0.2, 0) is 11.3 Å². The summed E-state index contributed by atoms with van der Waals surface area (Å²) in [5.74, 6) is -0.880. The lowest BCUT2D eigenvalue weighted by Gasteiger charge is -2.08. The highest BCUT2D eigenvalue weighted by molar-refractivity contribution is 9.10. The number of aromatic amines is 2. The Hall–Kier alpha value is -1.93. The molecule has 0 amide bonds. The summed E-state index contributed by atoms with van der Waals surface area (Å²) < 4.78 is 0.753. The van der Waals surface area contributed by atoms with E-state index in [1.165, 1.54) is 0 Å². The molecule has 0 aliphatic heterocycles. The van der Waals surface area contributed by atoms with Gasteiger partial charge in [-0.15, -0.1) is 0 Å². The first-order valence-corrected chi connectivity index (χ1v) is 6.64. The molecule has 0 atom stereocenters. The van der Waals surface area contributed by atoms with Crippen LogP contribution in [0.2, 0.25) is 0 Å². The van der Waals surface area contributed by atoms with Crippen LogP contribution in [-0.4, -0.2) is 27.6 Å². The van der Waals surface area contributed by atoms with Crippen LogP contribution in [0.5, 0.6) is 0 Å². The number of halogens is 1. The third-order valence-electron chi connectivity index (χ3n) is 2.71. The van der Waals surface area contributed by atoms with E-state index in [1.54, 1.807) is 12.1 Å². The average molecular weight is 342 g/mol. The second kappa shape index (κ2) is 6.02. The maximum absolute atomic E-state index is 11.4. The van der Waals surface area contributed by atoms with E-state index >= 15 is 0 Å². The molecule has 2 rings (SSSR count). The summed E-state index contributed by atoms with van der Waals surface area (Å²) in [6.45, 7) is 0.697. The van der Waals surface area contributed by atoms with Crippen LogP contribution in [0, 0.1) is 0 Å². The van der Waals surface area contributed by atoms with Crippen molar-refractivity contribution in [3.63, 3.8) is 0 Å². The van der Waals surface area contributed by atoms with E-state index in [4.69, 9.17) is 5.11 Å². The fraction of sp³-hybridized carbons (Fsp3) is 0.250. The number of carbonyl (C=O) groups is 1. The highest BCUT2D eigenvalue weighted by Gasteiger charge is 2.07. The predicted molar refractivity (Wildman–Crippen MR) is 76.8 cm³/mol. The largest absolute Gasteiger partial charge is 0.481 e. The standard InChI is InChI=1S/C12H12BrN3O4/c13-7-3-6(5-14-2-1-9(17)18)10-8(4-7)15-11(19)12(20)16-10/h3-4,14H,1-2,5H2,(H,15,19)(H,16,20)(H,17,18). The maximum atomic E-state index is 11.4. The fourth-order valence-electron chi connectivity index (χ4n) is 1.82. The third-order valence-corrected chi connectivity index (χ3v) is 3.17. The topological polar surface area (TPSA) is 115 Å². The van der Waals surface area contributed by atoms with E-state index < -0.39 is 17.1 Å². The van der Waals surface area contributed by atoms with E-state index in [-0.39, 0.29) is 6.42 Å². The number of carboxylic acid groups (broad SMARTS) is 1. The average Bonchev–Trinajstić information content (AvgIpc) is 2.36. The number of nitrogens with one attached hydrogen (secondary N) is 3. The predicted octanol–water partition coefficient (Wildman–Crippen LogP) is 0.543. The number of rotatable bonds is 5. The molecule has 1 aromatic carbocycles. The number of hydrogen-bond acceptors (Lipinski definition) is 4. The second-order valence-electron chi connectivity index (χ2n) is 4.22. The number of aliphatic carboxylic acids is 1. The van der Waals surface area contributed by atoms with Gasteiger partial charge in [-0.3, -0.25) is 14.4 Å². The normalized spacial score (nSPS) is 10.8. The summed E-state index contributed by atoms with van der Waals surface area (Å²) in [6, 6.07) is 3.48. The van der Waals surface area contributed by atoms with Gasteiger partial charge in [-0.25, -0.2) is 0 Å². The Balaban J connectivity index is 2.32. The smallest absolute Gasteiger partial charge is 0.314 e. The van der Waals surface area contributed by atoms with Gasteiger partial charge in [0.25, 0.3) is 0 Å². The zero-order valence-corrected chi connectivity index (χ0v) is 11.9. The van der Waals surface area contributed by atoms with Crippen molar-refractivity contribution >= 4 is 32.9 Å². The fourth-order valence-corrected chi connectivity index (χ4v) is 2.32. The van der Waals surface area contributed by atoms with Gasteiger partial charge >= 0.3 is 17.1 Å². The van der Waals surface area contributed by atoms with Crippen molar-refractivity contribution in [1.82, 2.24) is 15.3 Å². The van der Waals surface area contributed by atoms with Crippen molar-refractivity contribution in [1.29, 1.82) is 0 Å². The van der Waals surface area contributed by atoms with Crippen LogP contribution in [0.25, 0.3) is 11.0 Å². The van der Waals surface area contributed by atoms with E-state index in [0.717, 1.165) is 10.0 Å². The lowest BCUT2D eigenvalue weighted by Crippen LogP contribution is -2.29. The van der Waals surface area contributed by atoms with E-state index in [1.807, 2.05) is 0 Å². The molecule has 0 bridgehead atoms. The molecule has 0 spiro atoms. The SMILES string of the molecule is O=C(O)CCNCc1cc(Br)cc2[nH]c(=O)c(=O)[nH]c12. The minimum absolute atomic E-state index is 0.0132. The molecule has 0 saturated heterocycles. The highest BCUT2D eigenvalue weighted by atomic mass is 79.9. The Morgan fingerprint density at radius 3 is 2.65 bits per heavy atom. The molecule has 0 aliphatic carbocycles. The zero-order valence-electron chi connectivity index (χ0n) is 10.3. The molecule has 0 fully saturated rings. The van der Waals surface area contributed by atoms with E-state index in [2.05, 4.69) is 31.2 Å². The lowest BCUT2D eigenvalue weighted by molar-refractivity contribution is -0.136. The first-order chi connectivity index (χ1) is 9.47. The number of hydrogen-bond donors (Lipinski definition) is 4. The first kappa shape index (κ1) is 14.5. The Morgan fingerprint density at radius 2 is 1.95 bits per heavy atom. The van der Waals surface area contributed by atoms with Crippen molar-refractivity contribution in [3.8, 4) is 0 Å². The van der Waals surface area contributed by atoms with Crippen LogP contribution in [0.1, 0.15) is 12.0 Å². The number of aromatic nitrogens is 2. The summed E-state index contributed by atoms with van der Waals surface area (Å²) in [5.41, 5.74) is 0.375. The van der Waals surface area contributed by atoms with Gasteiger partial charge in [-0.2, -0.15) is 0 Å². The Morgan fingerprint density at radius 1 is 1.25 bits per heavy atom. The molecule has 1 heterocycles. The number of carboxylic acids is 1. The molecule has 1 aromatic heterocycles. The molecule has 0 unspecified atom stereocenters. The molecule has 8 heteroatoms. The van der Waals surface area contributed by atoms with Crippen LogP contribution < -0.4 is 16.4 Å². The van der Waals surface area contributed by atoms with Gasteiger partial charge in [0, 0.05) is 17.6 Å². The van der Waals surface area contributed by atoms with Crippen LogP contribution in [0.15, 0.2) is 26.2 Å². The van der Waals surface area contributed by atoms with Gasteiger partial charge in [0.15, 0.2) is 0 Å². The minimum atomic E-state index is -0.880. The molecule has 7 nitrogen and oxygen atoms in total. The van der Waals surface area contributed by atoms with Gasteiger partial charge in [0.1, 0.15) is 0 Å². The zero-order chi connectivity index (χ0) is 14.7. The summed E-state index contributed by atoms with van der Waals surface area (Å²) in [5, 5.41) is 11.5. The Labute approximate surface area is 121 Å². The molecule has 0 aliphatic rings. The molecular weight excluding hydrogens is 330 g/mol. The lowest BCUT2D eigenvalue weighted by atomic mass is 10.1. The van der Waals surface area contributed by atoms with Crippen molar-refractivity contribution < 1.29 is 9.90 Å². The Bertz CT molecular complexity index is 765. The molecular formula is C12H12BrN3O4. The monoisotopic (exact) mass is 341 g/mol. The van der Waals surface area contributed by atoms with Crippen molar-refractivity contribution in [2.24, 2.45) is 0 Å². The third kappa shape index (κ3) is 3.34. The highest BCUT2D eigenvalue weighted by Crippen LogP contribution is 2.19. The van der Waals surface area contributed by atoms with Gasteiger partial charge in [-0.05, 0) is 17.7 Å². The van der Waals surface area contributed by atoms with Crippen LogP contribution in [0.4, 0.5) is 0 Å². The number of benzene rings is 1.